The molecule has 0 heterocycles. The van der Waals surface area contributed by atoms with E-state index in [-0.39, 0.29) is 6.10 Å². The van der Waals surface area contributed by atoms with Crippen LogP contribution in [0.25, 0.3) is 0 Å². The molecule has 0 saturated carbocycles. The van der Waals surface area contributed by atoms with Gasteiger partial charge in [0.15, 0.2) is 0 Å². The summed E-state index contributed by atoms with van der Waals surface area (Å²) >= 11 is 1.72. The lowest BCUT2D eigenvalue weighted by Gasteiger charge is -2.13. The van der Waals surface area contributed by atoms with Crippen molar-refractivity contribution in [3.05, 3.63) is 29.8 Å². The Hall–Kier alpha value is -0.470. The van der Waals surface area contributed by atoms with Gasteiger partial charge >= 0.3 is 0 Å². The summed E-state index contributed by atoms with van der Waals surface area (Å²) in [6, 6.07) is 8.41. The molecule has 0 aliphatic carbocycles. The minimum atomic E-state index is -0.207. The van der Waals surface area contributed by atoms with Gasteiger partial charge in [0.25, 0.3) is 0 Å². The smallest absolute Gasteiger partial charge is 0.0656 e. The van der Waals surface area contributed by atoms with Crippen LogP contribution in [0.2, 0.25) is 0 Å². The quantitative estimate of drug-likeness (QED) is 0.771. The van der Waals surface area contributed by atoms with Crippen molar-refractivity contribution in [2.75, 3.05) is 5.75 Å². The van der Waals surface area contributed by atoms with Crippen LogP contribution in [0.4, 0.5) is 0 Å². The minimum Gasteiger partial charge on any atom is -0.392 e. The van der Waals surface area contributed by atoms with Crippen molar-refractivity contribution in [3.8, 4) is 0 Å². The van der Waals surface area contributed by atoms with Crippen molar-refractivity contribution in [3.63, 3.8) is 0 Å². The molecule has 0 fully saturated rings. The summed E-state index contributed by atoms with van der Waals surface area (Å²) in [5, 5.41) is 9.62. The molecule has 0 amide bonds. The van der Waals surface area contributed by atoms with Crippen LogP contribution in [-0.4, -0.2) is 17.0 Å². The molecule has 1 aromatic rings. The van der Waals surface area contributed by atoms with E-state index < -0.39 is 0 Å². The molecule has 0 aromatic heterocycles. The zero-order valence-corrected chi connectivity index (χ0v) is 9.84. The number of thioether (sulfide) groups is 1. The number of hydrogen-bond donors (Lipinski definition) is 1. The molecule has 0 saturated heterocycles. The van der Waals surface area contributed by atoms with Gasteiger partial charge in [0.1, 0.15) is 0 Å². The largest absolute Gasteiger partial charge is 0.392 e. The first-order valence-corrected chi connectivity index (χ1v) is 5.95. The van der Waals surface area contributed by atoms with Gasteiger partial charge in [0.05, 0.1) is 6.10 Å². The number of benzene rings is 1. The van der Waals surface area contributed by atoms with Crippen LogP contribution in [0.1, 0.15) is 19.4 Å². The zero-order chi connectivity index (χ0) is 10.6. The number of hydrogen-bond acceptors (Lipinski definition) is 2. The molecule has 0 bridgehead atoms. The van der Waals surface area contributed by atoms with E-state index in [1.165, 1.54) is 10.5 Å². The minimum absolute atomic E-state index is 0.207. The molecule has 1 aromatic carbocycles. The Balaban J connectivity index is 2.42. The highest BCUT2D eigenvalue weighted by Gasteiger charge is 2.08. The summed E-state index contributed by atoms with van der Waals surface area (Å²) in [6.07, 6.45) is -0.207. The van der Waals surface area contributed by atoms with Crippen molar-refractivity contribution in [1.29, 1.82) is 0 Å². The van der Waals surface area contributed by atoms with Crippen molar-refractivity contribution in [2.45, 2.75) is 31.8 Å². The number of aryl methyl sites for hydroxylation is 1. The molecular formula is C12H18OS. The van der Waals surface area contributed by atoms with Crippen LogP contribution in [0.3, 0.4) is 0 Å². The Morgan fingerprint density at radius 2 is 1.79 bits per heavy atom. The first kappa shape index (κ1) is 11.6. The van der Waals surface area contributed by atoms with Gasteiger partial charge in [0, 0.05) is 10.6 Å². The van der Waals surface area contributed by atoms with Gasteiger partial charge in [-0.3, -0.25) is 0 Å². The van der Waals surface area contributed by atoms with Gasteiger partial charge in [-0.15, -0.1) is 11.8 Å². The predicted molar refractivity (Wildman–Crippen MR) is 62.7 cm³/mol. The lowest BCUT2D eigenvalue weighted by Crippen LogP contribution is -2.17. The van der Waals surface area contributed by atoms with Crippen LogP contribution >= 0.6 is 11.8 Å². The third-order valence-electron chi connectivity index (χ3n) is 2.21. The Morgan fingerprint density at radius 1 is 1.21 bits per heavy atom. The maximum atomic E-state index is 9.62. The summed E-state index contributed by atoms with van der Waals surface area (Å²) in [4.78, 5) is 1.23. The van der Waals surface area contributed by atoms with Crippen LogP contribution < -0.4 is 0 Å². The van der Waals surface area contributed by atoms with E-state index in [0.29, 0.717) is 5.92 Å². The molecule has 0 aliphatic heterocycles. The van der Waals surface area contributed by atoms with Crippen molar-refractivity contribution in [1.82, 2.24) is 0 Å². The Bertz CT molecular complexity index is 266. The molecule has 1 nitrogen and oxygen atoms in total. The molecule has 0 unspecified atom stereocenters. The van der Waals surface area contributed by atoms with Crippen LogP contribution in [-0.2, 0) is 0 Å². The van der Waals surface area contributed by atoms with E-state index in [1.807, 2.05) is 13.8 Å². The SMILES string of the molecule is Cc1ccc(SC[C@@H](O)C(C)C)cc1. The third kappa shape index (κ3) is 3.72. The highest BCUT2D eigenvalue weighted by Crippen LogP contribution is 2.20. The predicted octanol–water partition coefficient (Wildman–Crippen LogP) is 3.10. The van der Waals surface area contributed by atoms with Crippen LogP contribution in [0, 0.1) is 12.8 Å². The first-order valence-electron chi connectivity index (χ1n) is 4.97. The average molecular weight is 210 g/mol. The Kier molecular flexibility index (Phi) is 4.49. The molecule has 78 valence electrons. The number of aliphatic hydroxyl groups excluding tert-OH is 1. The number of aliphatic hydroxyl groups is 1. The van der Waals surface area contributed by atoms with Gasteiger partial charge in [-0.05, 0) is 25.0 Å². The molecule has 0 spiro atoms. The summed E-state index contributed by atoms with van der Waals surface area (Å²) in [5.41, 5.74) is 1.28. The maximum absolute atomic E-state index is 9.62. The Morgan fingerprint density at radius 3 is 2.29 bits per heavy atom. The molecular weight excluding hydrogens is 192 g/mol. The van der Waals surface area contributed by atoms with E-state index in [1.54, 1.807) is 11.8 Å². The van der Waals surface area contributed by atoms with E-state index in [0.717, 1.165) is 5.75 Å². The molecule has 1 N–H and O–H groups in total. The van der Waals surface area contributed by atoms with Crippen molar-refractivity contribution in [2.24, 2.45) is 5.92 Å². The van der Waals surface area contributed by atoms with Gasteiger partial charge in [0.2, 0.25) is 0 Å². The monoisotopic (exact) mass is 210 g/mol. The summed E-state index contributed by atoms with van der Waals surface area (Å²) in [6.45, 7) is 6.16. The van der Waals surface area contributed by atoms with Crippen molar-refractivity contribution < 1.29 is 5.11 Å². The third-order valence-corrected chi connectivity index (χ3v) is 3.32. The first-order chi connectivity index (χ1) is 6.59. The van der Waals surface area contributed by atoms with E-state index in [4.69, 9.17) is 0 Å². The van der Waals surface area contributed by atoms with Crippen LogP contribution in [0.15, 0.2) is 29.2 Å². The second-order valence-corrected chi connectivity index (χ2v) is 5.03. The molecule has 1 rings (SSSR count). The van der Waals surface area contributed by atoms with Crippen molar-refractivity contribution >= 4 is 11.8 Å². The molecule has 0 radical (unpaired) electrons. The molecule has 14 heavy (non-hydrogen) atoms. The fraction of sp³-hybridized carbons (Fsp3) is 0.500. The number of rotatable bonds is 4. The van der Waals surface area contributed by atoms with Gasteiger partial charge in [-0.1, -0.05) is 31.5 Å². The molecule has 2 heteroatoms. The van der Waals surface area contributed by atoms with E-state index in [2.05, 4.69) is 31.2 Å². The molecule has 0 aliphatic rings. The summed E-state index contributed by atoms with van der Waals surface area (Å²) in [5.74, 6) is 1.12. The topological polar surface area (TPSA) is 20.2 Å². The zero-order valence-electron chi connectivity index (χ0n) is 9.03. The van der Waals surface area contributed by atoms with Gasteiger partial charge in [-0.25, -0.2) is 0 Å². The fourth-order valence-electron chi connectivity index (χ4n) is 1.01. The molecule has 1 atom stereocenters. The fourth-order valence-corrected chi connectivity index (χ4v) is 2.09. The Labute approximate surface area is 90.5 Å². The lowest BCUT2D eigenvalue weighted by molar-refractivity contribution is 0.149. The highest BCUT2D eigenvalue weighted by atomic mass is 32.2. The normalized spacial score (nSPS) is 13.2. The van der Waals surface area contributed by atoms with E-state index >= 15 is 0 Å². The summed E-state index contributed by atoms with van der Waals surface area (Å²) < 4.78 is 0. The summed E-state index contributed by atoms with van der Waals surface area (Å²) in [7, 11) is 0. The second kappa shape index (κ2) is 5.42. The van der Waals surface area contributed by atoms with Gasteiger partial charge in [-0.2, -0.15) is 0 Å². The van der Waals surface area contributed by atoms with Gasteiger partial charge < -0.3 is 5.11 Å². The highest BCUT2D eigenvalue weighted by molar-refractivity contribution is 7.99. The maximum Gasteiger partial charge on any atom is 0.0656 e. The standard InChI is InChI=1S/C12H18OS/c1-9(2)12(13)8-14-11-6-4-10(3)5-7-11/h4-7,9,12-13H,8H2,1-3H3/t12-/m1/s1. The lowest BCUT2D eigenvalue weighted by atomic mass is 10.1. The second-order valence-electron chi connectivity index (χ2n) is 3.94. The van der Waals surface area contributed by atoms with E-state index in [9.17, 15) is 5.11 Å². The van der Waals surface area contributed by atoms with Crippen LogP contribution in [0.5, 0.6) is 0 Å². The average Bonchev–Trinajstić information content (AvgIpc) is 2.16.